The summed E-state index contributed by atoms with van der Waals surface area (Å²) in [7, 11) is 0. The van der Waals surface area contributed by atoms with Crippen LogP contribution >= 0.6 is 12.4 Å². The van der Waals surface area contributed by atoms with Gasteiger partial charge >= 0.3 is 0 Å². The van der Waals surface area contributed by atoms with E-state index in [-0.39, 0.29) is 12.4 Å². The Kier molecular flexibility index (Phi) is 3.24. The number of hydrogen-bond donors (Lipinski definition) is 0. The minimum absolute atomic E-state index is 0. The molecule has 1 aliphatic rings. The van der Waals surface area contributed by atoms with Crippen LogP contribution < -0.4 is 0 Å². The molecule has 0 amide bonds. The Bertz CT molecular complexity index is 65.1. The highest BCUT2D eigenvalue weighted by atomic mass is 35.5. The van der Waals surface area contributed by atoms with Gasteiger partial charge in [0.25, 0.3) is 6.55 Å². The number of likely N-dealkylation sites (tertiary alicyclic amines) is 1. The number of hydrogen-bond acceptors (Lipinski definition) is 1. The maximum atomic E-state index is 11.4. The Morgan fingerprint density at radius 2 is 1.75 bits per heavy atom. The van der Waals surface area contributed by atoms with E-state index in [9.17, 15) is 8.78 Å². The molecule has 0 unspecified atom stereocenters. The van der Waals surface area contributed by atoms with Crippen molar-refractivity contribution in [2.45, 2.75) is 13.0 Å². The van der Waals surface area contributed by atoms with Crippen molar-refractivity contribution in [3.63, 3.8) is 0 Å². The van der Waals surface area contributed by atoms with Crippen molar-refractivity contribution in [3.8, 4) is 0 Å². The first-order chi connectivity index (χ1) is 3.30. The fraction of sp³-hybridized carbons (Fsp3) is 1.00. The molecule has 0 radical (unpaired) electrons. The quantitative estimate of drug-likeness (QED) is 0.501. The summed E-state index contributed by atoms with van der Waals surface area (Å²) in [5.41, 5.74) is 0. The Labute approximate surface area is 53.1 Å². The SMILES string of the molecule is Cl.FC(F)N1CCC1. The topological polar surface area (TPSA) is 3.24 Å². The molecule has 50 valence electrons. The van der Waals surface area contributed by atoms with E-state index in [2.05, 4.69) is 0 Å². The molecule has 0 atom stereocenters. The summed E-state index contributed by atoms with van der Waals surface area (Å²) < 4.78 is 22.8. The number of nitrogens with zero attached hydrogens (tertiary/aromatic N) is 1. The van der Waals surface area contributed by atoms with Crippen molar-refractivity contribution < 1.29 is 8.78 Å². The first-order valence-corrected chi connectivity index (χ1v) is 2.33. The molecule has 0 bridgehead atoms. The van der Waals surface area contributed by atoms with E-state index in [1.165, 1.54) is 0 Å². The highest BCUT2D eigenvalue weighted by molar-refractivity contribution is 5.85. The molecule has 1 nitrogen and oxygen atoms in total. The summed E-state index contributed by atoms with van der Waals surface area (Å²) in [6.45, 7) is -1.05. The van der Waals surface area contributed by atoms with Crippen LogP contribution in [-0.2, 0) is 0 Å². The van der Waals surface area contributed by atoms with Gasteiger partial charge in [-0.2, -0.15) is 8.78 Å². The lowest BCUT2D eigenvalue weighted by Crippen LogP contribution is -2.40. The molecule has 0 N–H and O–H groups in total. The lowest BCUT2D eigenvalue weighted by molar-refractivity contribution is -0.0619. The summed E-state index contributed by atoms with van der Waals surface area (Å²) in [4.78, 5) is 1.14. The van der Waals surface area contributed by atoms with E-state index in [0.29, 0.717) is 13.1 Å². The van der Waals surface area contributed by atoms with Crippen molar-refractivity contribution in [2.24, 2.45) is 0 Å². The maximum Gasteiger partial charge on any atom is 0.294 e. The molecular formula is C4H8ClF2N. The molecule has 0 aromatic carbocycles. The molecule has 0 spiro atoms. The zero-order valence-electron chi connectivity index (χ0n) is 4.31. The van der Waals surface area contributed by atoms with Crippen molar-refractivity contribution in [3.05, 3.63) is 0 Å². The molecule has 0 aromatic rings. The fourth-order valence-corrected chi connectivity index (χ4v) is 0.536. The predicted octanol–water partition coefficient (Wildman–Crippen LogP) is 1.34. The highest BCUT2D eigenvalue weighted by Crippen LogP contribution is 2.11. The fourth-order valence-electron chi connectivity index (χ4n) is 0.536. The van der Waals surface area contributed by atoms with E-state index in [0.717, 1.165) is 11.3 Å². The highest BCUT2D eigenvalue weighted by Gasteiger charge is 2.21. The molecule has 0 saturated carbocycles. The van der Waals surface area contributed by atoms with Crippen LogP contribution in [0.5, 0.6) is 0 Å². The third kappa shape index (κ3) is 1.56. The summed E-state index contributed by atoms with van der Waals surface area (Å²) in [5, 5.41) is 0. The molecular weight excluding hydrogens is 136 g/mol. The second-order valence-electron chi connectivity index (χ2n) is 1.67. The van der Waals surface area contributed by atoms with Crippen LogP contribution in [-0.4, -0.2) is 24.5 Å². The Morgan fingerprint density at radius 1 is 1.25 bits per heavy atom. The van der Waals surface area contributed by atoms with Crippen molar-refractivity contribution in [1.29, 1.82) is 0 Å². The van der Waals surface area contributed by atoms with Gasteiger partial charge in [-0.15, -0.1) is 12.4 Å². The first-order valence-electron chi connectivity index (χ1n) is 2.33. The molecule has 1 fully saturated rings. The van der Waals surface area contributed by atoms with Gasteiger partial charge in [0.1, 0.15) is 0 Å². The van der Waals surface area contributed by atoms with E-state index in [4.69, 9.17) is 0 Å². The van der Waals surface area contributed by atoms with Gasteiger partial charge in [0.05, 0.1) is 0 Å². The molecule has 8 heavy (non-hydrogen) atoms. The van der Waals surface area contributed by atoms with Gasteiger partial charge in [-0.1, -0.05) is 0 Å². The minimum atomic E-state index is -2.21. The molecule has 1 saturated heterocycles. The standard InChI is InChI=1S/C4H7F2N.ClH/c5-4(6)7-2-1-3-7;/h4H,1-3H2;1H. The van der Waals surface area contributed by atoms with Crippen LogP contribution in [0.1, 0.15) is 6.42 Å². The molecule has 4 heteroatoms. The molecule has 1 rings (SSSR count). The summed E-state index contributed by atoms with van der Waals surface area (Å²) >= 11 is 0. The molecule has 0 aromatic heterocycles. The van der Waals surface area contributed by atoms with E-state index < -0.39 is 6.55 Å². The van der Waals surface area contributed by atoms with Gasteiger partial charge in [0.2, 0.25) is 0 Å². The largest absolute Gasteiger partial charge is 0.294 e. The number of alkyl halides is 2. The normalized spacial score (nSPS) is 19.9. The van der Waals surface area contributed by atoms with Crippen molar-refractivity contribution in [2.75, 3.05) is 13.1 Å². The van der Waals surface area contributed by atoms with Crippen molar-refractivity contribution >= 4 is 12.4 Å². The Hall–Kier alpha value is 0.110. The van der Waals surface area contributed by atoms with Crippen molar-refractivity contribution in [1.82, 2.24) is 4.90 Å². The second-order valence-corrected chi connectivity index (χ2v) is 1.67. The maximum absolute atomic E-state index is 11.4. The van der Waals surface area contributed by atoms with E-state index in [1.807, 2.05) is 0 Å². The Balaban J connectivity index is 0.000000490. The monoisotopic (exact) mass is 143 g/mol. The second kappa shape index (κ2) is 3.20. The lowest BCUT2D eigenvalue weighted by atomic mass is 10.2. The lowest BCUT2D eigenvalue weighted by Gasteiger charge is -2.28. The van der Waals surface area contributed by atoms with E-state index in [1.54, 1.807) is 0 Å². The molecule has 1 aliphatic heterocycles. The summed E-state index contributed by atoms with van der Waals surface area (Å²) in [6.07, 6.45) is 0.935. The number of rotatable bonds is 1. The van der Waals surface area contributed by atoms with Crippen LogP contribution in [0.15, 0.2) is 0 Å². The van der Waals surface area contributed by atoms with Gasteiger partial charge in [-0.05, 0) is 6.42 Å². The van der Waals surface area contributed by atoms with Gasteiger partial charge < -0.3 is 0 Å². The molecule has 1 heterocycles. The average Bonchev–Trinajstić information content (AvgIpc) is 1.23. The zero-order chi connectivity index (χ0) is 5.28. The van der Waals surface area contributed by atoms with Crippen LogP contribution in [0.4, 0.5) is 8.78 Å². The predicted molar refractivity (Wildman–Crippen MR) is 29.4 cm³/mol. The first kappa shape index (κ1) is 8.11. The van der Waals surface area contributed by atoms with Crippen LogP contribution in [0.25, 0.3) is 0 Å². The minimum Gasteiger partial charge on any atom is -0.247 e. The van der Waals surface area contributed by atoms with Gasteiger partial charge in [-0.25, -0.2) is 4.90 Å². The van der Waals surface area contributed by atoms with Crippen LogP contribution in [0.2, 0.25) is 0 Å². The summed E-state index contributed by atoms with van der Waals surface area (Å²) in [6, 6.07) is 0. The molecule has 0 aliphatic carbocycles. The zero-order valence-corrected chi connectivity index (χ0v) is 5.13. The Morgan fingerprint density at radius 3 is 1.75 bits per heavy atom. The van der Waals surface area contributed by atoms with Gasteiger partial charge in [0, 0.05) is 13.1 Å². The van der Waals surface area contributed by atoms with Crippen LogP contribution in [0, 0.1) is 0 Å². The van der Waals surface area contributed by atoms with Crippen LogP contribution in [0.3, 0.4) is 0 Å². The smallest absolute Gasteiger partial charge is 0.247 e. The van der Waals surface area contributed by atoms with Gasteiger partial charge in [0.15, 0.2) is 0 Å². The third-order valence-electron chi connectivity index (χ3n) is 1.17. The van der Waals surface area contributed by atoms with Gasteiger partial charge in [-0.3, -0.25) is 0 Å². The third-order valence-corrected chi connectivity index (χ3v) is 1.17. The van der Waals surface area contributed by atoms with E-state index >= 15 is 0 Å². The summed E-state index contributed by atoms with van der Waals surface area (Å²) in [5.74, 6) is 0. The number of halogens is 3. The average molecular weight is 144 g/mol.